The van der Waals surface area contributed by atoms with E-state index in [9.17, 15) is 19.5 Å². The molecule has 9 heteroatoms. The molecule has 0 aliphatic rings. The number of allylic oxidation sites excluding steroid dienone is 6. The van der Waals surface area contributed by atoms with Gasteiger partial charge in [0, 0.05) is 12.8 Å². The van der Waals surface area contributed by atoms with Crippen molar-refractivity contribution in [3.05, 3.63) is 36.5 Å². The molecule has 0 amide bonds. The molecule has 0 aromatic carbocycles. The van der Waals surface area contributed by atoms with Crippen molar-refractivity contribution >= 4 is 17.9 Å². The number of unbranched alkanes of at least 4 members (excludes halogenated alkanes) is 30. The van der Waals surface area contributed by atoms with Crippen LogP contribution in [0.1, 0.15) is 251 Å². The summed E-state index contributed by atoms with van der Waals surface area (Å²) in [7, 11) is 5.96. The maximum absolute atomic E-state index is 12.8. The van der Waals surface area contributed by atoms with Crippen molar-refractivity contribution in [1.82, 2.24) is 0 Å². The summed E-state index contributed by atoms with van der Waals surface area (Å²) in [6, 6.07) is 0. The monoisotopic (exact) mass is 933 g/mol. The summed E-state index contributed by atoms with van der Waals surface area (Å²) in [5, 5.41) is 9.66. The van der Waals surface area contributed by atoms with Gasteiger partial charge in [0.15, 0.2) is 6.10 Å². The van der Waals surface area contributed by atoms with Gasteiger partial charge in [-0.15, -0.1) is 0 Å². The highest BCUT2D eigenvalue weighted by molar-refractivity contribution is 5.71. The number of hydrogen-bond donors (Lipinski definition) is 1. The number of carboxylic acids is 1. The first-order chi connectivity index (χ1) is 32.1. The Kier molecular flexibility index (Phi) is 47.1. The van der Waals surface area contributed by atoms with E-state index in [4.69, 9.17) is 18.9 Å². The van der Waals surface area contributed by atoms with Crippen molar-refractivity contribution in [2.75, 3.05) is 47.5 Å². The van der Waals surface area contributed by atoms with Gasteiger partial charge in [0.1, 0.15) is 13.2 Å². The molecule has 0 rings (SSSR count). The molecule has 0 aliphatic heterocycles. The smallest absolute Gasteiger partial charge is 0.361 e. The SMILES string of the molecule is CCC/C=C\CCCCCCCC(=O)OCC(COC(OCC[N+](C)(C)C)C(=O)O)OC(=O)CCCCCCCCCCCCCCCCCCCCC/C=C\C/C=C\CCCCCCC. The highest BCUT2D eigenvalue weighted by Gasteiger charge is 2.25. The van der Waals surface area contributed by atoms with E-state index in [0.717, 1.165) is 70.6 Å². The second-order valence-electron chi connectivity index (χ2n) is 19.9. The van der Waals surface area contributed by atoms with E-state index in [2.05, 4.69) is 50.3 Å². The quantitative estimate of drug-likeness (QED) is 0.0211. The third-order valence-corrected chi connectivity index (χ3v) is 12.1. The van der Waals surface area contributed by atoms with Gasteiger partial charge in [-0.25, -0.2) is 4.79 Å². The molecule has 2 unspecified atom stereocenters. The molecule has 0 radical (unpaired) electrons. The average molecular weight is 933 g/mol. The molecule has 9 nitrogen and oxygen atoms in total. The highest BCUT2D eigenvalue weighted by atomic mass is 16.7. The Labute approximate surface area is 407 Å². The summed E-state index contributed by atoms with van der Waals surface area (Å²) in [6.45, 7) is 4.81. The van der Waals surface area contributed by atoms with Gasteiger partial charge in [-0.05, 0) is 64.2 Å². The molecular weight excluding hydrogens is 827 g/mol. The van der Waals surface area contributed by atoms with Crippen molar-refractivity contribution < 1.29 is 42.9 Å². The molecule has 0 aromatic heterocycles. The van der Waals surface area contributed by atoms with Crippen LogP contribution in [0, 0.1) is 0 Å². The van der Waals surface area contributed by atoms with Crippen LogP contribution in [0.3, 0.4) is 0 Å². The van der Waals surface area contributed by atoms with Crippen molar-refractivity contribution in [3.63, 3.8) is 0 Å². The van der Waals surface area contributed by atoms with E-state index in [1.165, 1.54) is 154 Å². The van der Waals surface area contributed by atoms with E-state index < -0.39 is 24.3 Å². The number of carboxylic acid groups (broad SMARTS) is 1. The topological polar surface area (TPSA) is 108 Å². The first kappa shape index (κ1) is 63.5. The summed E-state index contributed by atoms with van der Waals surface area (Å²) < 4.78 is 22.8. The lowest BCUT2D eigenvalue weighted by atomic mass is 10.0. The van der Waals surface area contributed by atoms with Crippen molar-refractivity contribution in [1.29, 1.82) is 0 Å². The fourth-order valence-electron chi connectivity index (χ4n) is 7.81. The molecule has 0 spiro atoms. The zero-order valence-corrected chi connectivity index (χ0v) is 43.9. The second kappa shape index (κ2) is 48.9. The van der Waals surface area contributed by atoms with Gasteiger partial charge in [0.05, 0.1) is 34.4 Å². The molecule has 66 heavy (non-hydrogen) atoms. The van der Waals surface area contributed by atoms with E-state index in [1.54, 1.807) is 0 Å². The number of quaternary nitrogens is 1. The maximum Gasteiger partial charge on any atom is 0.361 e. The molecule has 386 valence electrons. The zero-order valence-electron chi connectivity index (χ0n) is 43.9. The van der Waals surface area contributed by atoms with Crippen LogP contribution in [-0.4, -0.2) is 87.4 Å². The second-order valence-corrected chi connectivity index (χ2v) is 19.9. The van der Waals surface area contributed by atoms with Crippen LogP contribution in [0.2, 0.25) is 0 Å². The number of aliphatic carboxylic acids is 1. The molecule has 0 aliphatic carbocycles. The van der Waals surface area contributed by atoms with Crippen LogP contribution in [0.4, 0.5) is 0 Å². The number of esters is 2. The molecule has 0 saturated heterocycles. The van der Waals surface area contributed by atoms with Crippen molar-refractivity contribution in [2.24, 2.45) is 0 Å². The highest BCUT2D eigenvalue weighted by Crippen LogP contribution is 2.16. The van der Waals surface area contributed by atoms with Crippen LogP contribution < -0.4 is 0 Å². The molecule has 0 aromatic rings. The van der Waals surface area contributed by atoms with Gasteiger partial charge in [-0.3, -0.25) is 9.59 Å². The van der Waals surface area contributed by atoms with Gasteiger partial charge in [-0.2, -0.15) is 0 Å². The van der Waals surface area contributed by atoms with Crippen molar-refractivity contribution in [2.45, 2.75) is 264 Å². The number of nitrogens with zero attached hydrogens (tertiary/aromatic N) is 1. The summed E-state index contributed by atoms with van der Waals surface area (Å²) in [5.41, 5.74) is 0. The summed E-state index contributed by atoms with van der Waals surface area (Å²) in [5.74, 6) is -2.01. The minimum Gasteiger partial charge on any atom is -0.477 e. The van der Waals surface area contributed by atoms with Gasteiger partial charge >= 0.3 is 17.9 Å². The Morgan fingerprint density at radius 1 is 0.455 bits per heavy atom. The first-order valence-corrected chi connectivity index (χ1v) is 27.7. The van der Waals surface area contributed by atoms with Crippen molar-refractivity contribution in [3.8, 4) is 0 Å². The zero-order chi connectivity index (χ0) is 48.4. The number of carbonyl (C=O) groups is 3. The molecule has 1 N–H and O–H groups in total. The van der Waals surface area contributed by atoms with E-state index in [-0.39, 0.29) is 32.2 Å². The van der Waals surface area contributed by atoms with Crippen LogP contribution in [0.15, 0.2) is 36.5 Å². The number of carbonyl (C=O) groups excluding carboxylic acids is 2. The minimum atomic E-state index is -1.51. The van der Waals surface area contributed by atoms with E-state index >= 15 is 0 Å². The number of rotatable bonds is 51. The minimum absolute atomic E-state index is 0.184. The lowest BCUT2D eigenvalue weighted by Crippen LogP contribution is -2.40. The standard InChI is InChI=1S/C57H105NO8/c1-6-8-10-12-14-16-18-19-20-21-22-23-24-25-26-27-28-29-30-31-32-33-34-35-36-37-38-40-42-44-46-48-55(60)66-53(52-65-57(56(61)62)63-50-49-58(3,4)5)51-64-54(59)47-45-43-41-39-17-15-13-11-9-7-2/h11,13,18-19,21-22,53,57H,6-10,12,14-17,20,23-52H2,1-5H3/p+1/b13-11-,19-18-,22-21-. The normalized spacial score (nSPS) is 13.0. The number of likely N-dealkylation sites (N-methyl/N-ethyl adjacent to an activating group) is 1. The largest absolute Gasteiger partial charge is 0.477 e. The van der Waals surface area contributed by atoms with Crippen LogP contribution >= 0.6 is 0 Å². The molecule has 2 atom stereocenters. The lowest BCUT2D eigenvalue weighted by molar-refractivity contribution is -0.870. The fraction of sp³-hybridized carbons (Fsp3) is 0.842. The summed E-state index contributed by atoms with van der Waals surface area (Å²) in [4.78, 5) is 37.2. The average Bonchev–Trinajstić information content (AvgIpc) is 3.28. The molecular formula is C57H106NO8+. The summed E-state index contributed by atoms with van der Waals surface area (Å²) in [6.07, 6.45) is 55.3. The third kappa shape index (κ3) is 49.4. The van der Waals surface area contributed by atoms with Gasteiger partial charge in [0.2, 0.25) is 0 Å². The molecule has 0 heterocycles. The predicted molar refractivity (Wildman–Crippen MR) is 277 cm³/mol. The Bertz CT molecular complexity index is 1180. The molecule has 0 saturated carbocycles. The van der Waals surface area contributed by atoms with Crippen LogP contribution in [0.5, 0.6) is 0 Å². The van der Waals surface area contributed by atoms with E-state index in [1.807, 2.05) is 21.1 Å². The summed E-state index contributed by atoms with van der Waals surface area (Å²) >= 11 is 0. The van der Waals surface area contributed by atoms with Crippen LogP contribution in [0.25, 0.3) is 0 Å². The van der Waals surface area contributed by atoms with Gasteiger partial charge < -0.3 is 28.5 Å². The van der Waals surface area contributed by atoms with Crippen LogP contribution in [-0.2, 0) is 33.3 Å². The number of hydrogen-bond acceptors (Lipinski definition) is 7. The Morgan fingerprint density at radius 2 is 0.848 bits per heavy atom. The Balaban J connectivity index is 4.05. The predicted octanol–water partition coefficient (Wildman–Crippen LogP) is 15.7. The number of ether oxygens (including phenoxy) is 4. The molecule has 0 fully saturated rings. The first-order valence-electron chi connectivity index (χ1n) is 27.7. The van der Waals surface area contributed by atoms with E-state index in [0.29, 0.717) is 17.4 Å². The Hall–Kier alpha value is -2.49. The Morgan fingerprint density at radius 3 is 1.27 bits per heavy atom. The maximum atomic E-state index is 12.8. The molecule has 0 bridgehead atoms. The third-order valence-electron chi connectivity index (χ3n) is 12.1. The fourth-order valence-corrected chi connectivity index (χ4v) is 7.81. The van der Waals surface area contributed by atoms with Gasteiger partial charge in [0.25, 0.3) is 6.29 Å². The lowest BCUT2D eigenvalue weighted by Gasteiger charge is -2.25. The van der Waals surface area contributed by atoms with Gasteiger partial charge in [-0.1, -0.05) is 211 Å².